The van der Waals surface area contributed by atoms with Crippen molar-refractivity contribution in [2.45, 2.75) is 69.8 Å². The second kappa shape index (κ2) is 11.2. The highest BCUT2D eigenvalue weighted by Crippen LogP contribution is 2.37. The van der Waals surface area contributed by atoms with E-state index >= 15 is 0 Å². The van der Waals surface area contributed by atoms with E-state index in [9.17, 15) is 22.8 Å². The first-order valence-electron chi connectivity index (χ1n) is 13.4. The number of carbonyl (C=O) groups excluding carboxylic acids is 2. The molecule has 9 heteroatoms. The number of alkyl halides is 3. The Kier molecular flexibility index (Phi) is 8.30. The Balaban J connectivity index is 1.34. The molecule has 2 saturated heterocycles. The van der Waals surface area contributed by atoms with Crippen molar-refractivity contribution in [3.05, 3.63) is 70.8 Å². The van der Waals surface area contributed by atoms with Crippen molar-refractivity contribution >= 4 is 12.0 Å². The van der Waals surface area contributed by atoms with Crippen LogP contribution in [0.3, 0.4) is 0 Å². The third-order valence-corrected chi connectivity index (χ3v) is 7.76. The zero-order valence-corrected chi connectivity index (χ0v) is 23.0. The van der Waals surface area contributed by atoms with E-state index in [-0.39, 0.29) is 17.9 Å². The summed E-state index contributed by atoms with van der Waals surface area (Å²) < 4.78 is 50.0. The molecule has 0 saturated carbocycles. The summed E-state index contributed by atoms with van der Waals surface area (Å²) in [7, 11) is 1.67. The van der Waals surface area contributed by atoms with E-state index in [0.717, 1.165) is 23.3 Å². The van der Waals surface area contributed by atoms with Crippen LogP contribution in [0.15, 0.2) is 48.5 Å². The molecular formula is C30H37F3N2O4. The highest BCUT2D eigenvalue weighted by atomic mass is 19.4. The van der Waals surface area contributed by atoms with Gasteiger partial charge >= 0.3 is 12.3 Å². The number of carbonyl (C=O) groups is 2. The van der Waals surface area contributed by atoms with Crippen molar-refractivity contribution in [2.24, 2.45) is 0 Å². The number of rotatable bonds is 4. The molecule has 2 heterocycles. The number of hydrogen-bond donors (Lipinski definition) is 0. The van der Waals surface area contributed by atoms with Crippen LogP contribution in [0.4, 0.5) is 18.0 Å². The standard InChI is InChI=1S/C30H37F3N2O4/c1-28(2,3)39-27(37)35-19-15-29(38-4,16-20-35)24-9-7-23(8-10-24)26(36)34-17-13-22(14-18-34)21-5-11-25(12-6-21)30(31,32)33/h5-12,22H,13-20H2,1-4H3. The Hall–Kier alpha value is -3.07. The third kappa shape index (κ3) is 6.75. The fourth-order valence-corrected chi connectivity index (χ4v) is 5.45. The van der Waals surface area contributed by atoms with Crippen molar-refractivity contribution in [1.29, 1.82) is 0 Å². The summed E-state index contributed by atoms with van der Waals surface area (Å²) >= 11 is 0. The van der Waals surface area contributed by atoms with Crippen molar-refractivity contribution in [1.82, 2.24) is 9.80 Å². The van der Waals surface area contributed by atoms with Crippen LogP contribution in [0.2, 0.25) is 0 Å². The van der Waals surface area contributed by atoms with Gasteiger partial charge in [0.2, 0.25) is 0 Å². The summed E-state index contributed by atoms with van der Waals surface area (Å²) in [6.07, 6.45) is -2.02. The summed E-state index contributed by atoms with van der Waals surface area (Å²) in [6, 6.07) is 12.8. The van der Waals surface area contributed by atoms with Gasteiger partial charge in [-0.05, 0) is 87.8 Å². The second-order valence-corrected chi connectivity index (χ2v) is 11.4. The first kappa shape index (κ1) is 28.9. The predicted molar refractivity (Wildman–Crippen MR) is 141 cm³/mol. The lowest BCUT2D eigenvalue weighted by Gasteiger charge is -2.41. The number of amides is 2. The predicted octanol–water partition coefficient (Wildman–Crippen LogP) is 6.60. The van der Waals surface area contributed by atoms with Gasteiger partial charge < -0.3 is 19.3 Å². The first-order valence-corrected chi connectivity index (χ1v) is 13.4. The molecule has 0 spiro atoms. The molecule has 0 unspecified atom stereocenters. The minimum atomic E-state index is -4.34. The largest absolute Gasteiger partial charge is 0.444 e. The van der Waals surface area contributed by atoms with Gasteiger partial charge in [0.1, 0.15) is 5.60 Å². The van der Waals surface area contributed by atoms with E-state index in [1.807, 2.05) is 45.0 Å². The quantitative estimate of drug-likeness (QED) is 0.434. The van der Waals surface area contributed by atoms with Crippen LogP contribution in [0.5, 0.6) is 0 Å². The van der Waals surface area contributed by atoms with Crippen molar-refractivity contribution in [3.8, 4) is 0 Å². The number of piperidine rings is 2. The van der Waals surface area contributed by atoms with E-state index in [2.05, 4.69) is 0 Å². The van der Waals surface area contributed by atoms with Crippen LogP contribution in [0, 0.1) is 0 Å². The van der Waals surface area contributed by atoms with Crippen molar-refractivity contribution in [3.63, 3.8) is 0 Å². The first-order chi connectivity index (χ1) is 18.3. The normalized spacial score (nSPS) is 18.6. The molecule has 6 nitrogen and oxygen atoms in total. The molecular weight excluding hydrogens is 509 g/mol. The van der Waals surface area contributed by atoms with Gasteiger partial charge in [0, 0.05) is 38.9 Å². The monoisotopic (exact) mass is 546 g/mol. The maximum absolute atomic E-state index is 13.2. The molecule has 4 rings (SSSR count). The average molecular weight is 547 g/mol. The fraction of sp³-hybridized carbons (Fsp3) is 0.533. The third-order valence-electron chi connectivity index (χ3n) is 7.76. The van der Waals surface area contributed by atoms with Gasteiger partial charge in [0.15, 0.2) is 0 Å². The second-order valence-electron chi connectivity index (χ2n) is 11.4. The molecule has 2 fully saturated rings. The highest BCUT2D eigenvalue weighted by Gasteiger charge is 2.39. The topological polar surface area (TPSA) is 59.1 Å². The van der Waals surface area contributed by atoms with Crippen LogP contribution >= 0.6 is 0 Å². The lowest BCUT2D eigenvalue weighted by atomic mass is 9.83. The lowest BCUT2D eigenvalue weighted by Crippen LogP contribution is -2.47. The molecule has 2 amide bonds. The summed E-state index contributed by atoms with van der Waals surface area (Å²) in [5, 5.41) is 0. The van der Waals surface area contributed by atoms with E-state index in [1.165, 1.54) is 0 Å². The summed E-state index contributed by atoms with van der Waals surface area (Å²) in [5.74, 6) is 0.0745. The van der Waals surface area contributed by atoms with E-state index in [0.29, 0.717) is 57.4 Å². The summed E-state index contributed by atoms with van der Waals surface area (Å²) in [4.78, 5) is 29.1. The van der Waals surface area contributed by atoms with E-state index in [1.54, 1.807) is 29.0 Å². The summed E-state index contributed by atoms with van der Waals surface area (Å²) in [6.45, 7) is 7.66. The van der Waals surface area contributed by atoms with E-state index < -0.39 is 22.9 Å². The van der Waals surface area contributed by atoms with Crippen LogP contribution < -0.4 is 0 Å². The van der Waals surface area contributed by atoms with Gasteiger partial charge in [-0.25, -0.2) is 4.79 Å². The SMILES string of the molecule is COC1(c2ccc(C(=O)N3CCC(c4ccc(C(F)(F)F)cc4)CC3)cc2)CCN(C(=O)OC(C)(C)C)CC1. The molecule has 39 heavy (non-hydrogen) atoms. The fourth-order valence-electron chi connectivity index (χ4n) is 5.45. The zero-order valence-electron chi connectivity index (χ0n) is 23.0. The van der Waals surface area contributed by atoms with Crippen molar-refractivity contribution < 1.29 is 32.2 Å². The van der Waals surface area contributed by atoms with Gasteiger partial charge in [-0.1, -0.05) is 24.3 Å². The van der Waals surface area contributed by atoms with Crippen molar-refractivity contribution in [2.75, 3.05) is 33.3 Å². The Morgan fingerprint density at radius 1 is 0.846 bits per heavy atom. The molecule has 0 N–H and O–H groups in total. The molecule has 0 bridgehead atoms. The molecule has 0 radical (unpaired) electrons. The molecule has 0 aliphatic carbocycles. The zero-order chi connectivity index (χ0) is 28.4. The van der Waals surface area contributed by atoms with Gasteiger partial charge in [0.25, 0.3) is 5.91 Å². The Labute approximate surface area is 228 Å². The van der Waals surface area contributed by atoms with Gasteiger partial charge in [-0.3, -0.25) is 4.79 Å². The smallest absolute Gasteiger partial charge is 0.416 e. The molecule has 2 aliphatic rings. The average Bonchev–Trinajstić information content (AvgIpc) is 2.91. The maximum atomic E-state index is 13.2. The summed E-state index contributed by atoms with van der Waals surface area (Å²) in [5.41, 5.74) is 0.691. The van der Waals surface area contributed by atoms with E-state index in [4.69, 9.17) is 9.47 Å². The number of ether oxygens (including phenoxy) is 2. The number of benzene rings is 2. The lowest BCUT2D eigenvalue weighted by molar-refractivity contribution is -0.137. The van der Waals surface area contributed by atoms with Gasteiger partial charge in [0.05, 0.1) is 11.2 Å². The number of methoxy groups -OCH3 is 1. The minimum absolute atomic E-state index is 0.0568. The van der Waals surface area contributed by atoms with Gasteiger partial charge in [-0.15, -0.1) is 0 Å². The molecule has 212 valence electrons. The number of nitrogens with zero attached hydrogens (tertiary/aromatic N) is 2. The number of halogens is 3. The number of likely N-dealkylation sites (tertiary alicyclic amines) is 2. The Bertz CT molecular complexity index is 1140. The molecule has 0 atom stereocenters. The van der Waals surface area contributed by atoms with Gasteiger partial charge in [-0.2, -0.15) is 13.2 Å². The van der Waals surface area contributed by atoms with Crippen LogP contribution in [0.1, 0.15) is 79.4 Å². The molecule has 2 aliphatic heterocycles. The van der Waals surface area contributed by atoms with Crippen LogP contribution in [0.25, 0.3) is 0 Å². The maximum Gasteiger partial charge on any atom is 0.416 e. The van der Waals surface area contributed by atoms with Crippen LogP contribution in [-0.4, -0.2) is 60.7 Å². The highest BCUT2D eigenvalue weighted by molar-refractivity contribution is 5.94. The Morgan fingerprint density at radius 2 is 1.41 bits per heavy atom. The molecule has 0 aromatic heterocycles. The molecule has 2 aromatic rings. The molecule has 2 aromatic carbocycles. The Morgan fingerprint density at radius 3 is 1.90 bits per heavy atom. The minimum Gasteiger partial charge on any atom is -0.444 e. The van der Waals surface area contributed by atoms with Crippen LogP contribution in [-0.2, 0) is 21.3 Å². The number of hydrogen-bond acceptors (Lipinski definition) is 4.